The Kier molecular flexibility index (Phi) is 5.27. The van der Waals surface area contributed by atoms with Gasteiger partial charge in [0.25, 0.3) is 0 Å². The van der Waals surface area contributed by atoms with E-state index in [1.54, 1.807) is 6.07 Å². The molecule has 2 heterocycles. The third-order valence-electron chi connectivity index (χ3n) is 2.43. The summed E-state index contributed by atoms with van der Waals surface area (Å²) in [6, 6.07) is 1.78. The normalized spacial score (nSPS) is 15.6. The fraction of sp³-hybridized carbons (Fsp3) is 0.556. The molecule has 10 heteroatoms. The maximum absolute atomic E-state index is 8.74. The molecule has 1 fully saturated rings. The zero-order valence-corrected chi connectivity index (χ0v) is 11.0. The molecule has 6 N–H and O–H groups in total. The first-order valence-corrected chi connectivity index (χ1v) is 7.00. The van der Waals surface area contributed by atoms with Gasteiger partial charge in [-0.15, -0.1) is 0 Å². The SMILES string of the molecule is Nc1cc(N2CCCCC2)nc(N)n1.O=S(=O)(O)O. The average molecular weight is 291 g/mol. The highest BCUT2D eigenvalue weighted by molar-refractivity contribution is 7.79. The Labute approximate surface area is 111 Å². The number of anilines is 3. The van der Waals surface area contributed by atoms with Gasteiger partial charge in [-0.2, -0.15) is 18.4 Å². The molecule has 1 aromatic heterocycles. The predicted octanol–water partition coefficient (Wildman–Crippen LogP) is -0.0215. The average Bonchev–Trinajstić information content (AvgIpc) is 2.26. The van der Waals surface area contributed by atoms with Crippen LogP contribution in [0.4, 0.5) is 17.6 Å². The van der Waals surface area contributed by atoms with Crippen LogP contribution in [-0.4, -0.2) is 40.6 Å². The minimum absolute atomic E-state index is 0.255. The lowest BCUT2D eigenvalue weighted by Crippen LogP contribution is -2.30. The Balaban J connectivity index is 0.000000312. The largest absolute Gasteiger partial charge is 0.394 e. The smallest absolute Gasteiger partial charge is 0.383 e. The maximum atomic E-state index is 8.74. The van der Waals surface area contributed by atoms with Gasteiger partial charge in [0.1, 0.15) is 11.6 Å². The van der Waals surface area contributed by atoms with Crippen LogP contribution < -0.4 is 16.4 Å². The number of aromatic nitrogens is 2. The van der Waals surface area contributed by atoms with Crippen LogP contribution in [0.5, 0.6) is 0 Å². The molecule has 0 saturated carbocycles. The molecule has 19 heavy (non-hydrogen) atoms. The van der Waals surface area contributed by atoms with Crippen molar-refractivity contribution in [1.29, 1.82) is 0 Å². The first kappa shape index (κ1) is 15.4. The molecule has 0 radical (unpaired) electrons. The summed E-state index contributed by atoms with van der Waals surface area (Å²) in [7, 11) is -4.67. The van der Waals surface area contributed by atoms with Crippen molar-refractivity contribution in [2.24, 2.45) is 0 Å². The summed E-state index contributed by atoms with van der Waals surface area (Å²) in [6.45, 7) is 2.08. The topological polar surface area (TPSA) is 156 Å². The Morgan fingerprint density at radius 1 is 1.11 bits per heavy atom. The van der Waals surface area contributed by atoms with Gasteiger partial charge in [0, 0.05) is 19.2 Å². The molecule has 9 nitrogen and oxygen atoms in total. The molecule has 0 spiro atoms. The van der Waals surface area contributed by atoms with Gasteiger partial charge >= 0.3 is 10.4 Å². The molecular weight excluding hydrogens is 274 g/mol. The highest BCUT2D eigenvalue weighted by atomic mass is 32.3. The molecule has 0 bridgehead atoms. The number of nitrogens with zero attached hydrogens (tertiary/aromatic N) is 3. The summed E-state index contributed by atoms with van der Waals surface area (Å²) in [6.07, 6.45) is 3.72. The van der Waals surface area contributed by atoms with Gasteiger partial charge in [-0.25, -0.2) is 0 Å². The van der Waals surface area contributed by atoms with Gasteiger partial charge in [0.05, 0.1) is 0 Å². The predicted molar refractivity (Wildman–Crippen MR) is 71.1 cm³/mol. The second-order valence-corrected chi connectivity index (χ2v) is 4.90. The Morgan fingerprint density at radius 2 is 1.63 bits per heavy atom. The second-order valence-electron chi connectivity index (χ2n) is 4.00. The molecule has 1 aromatic rings. The number of nitrogen functional groups attached to an aromatic ring is 2. The van der Waals surface area contributed by atoms with E-state index in [1.807, 2.05) is 0 Å². The van der Waals surface area contributed by atoms with Gasteiger partial charge in [-0.3, -0.25) is 9.11 Å². The Bertz CT molecular complexity index is 487. The zero-order chi connectivity index (χ0) is 14.5. The number of piperidine rings is 1. The van der Waals surface area contributed by atoms with E-state index >= 15 is 0 Å². The third-order valence-corrected chi connectivity index (χ3v) is 2.43. The fourth-order valence-corrected chi connectivity index (χ4v) is 1.76. The Hall–Kier alpha value is -1.65. The molecular formula is C9H17N5O4S. The van der Waals surface area contributed by atoms with Gasteiger partial charge in [-0.1, -0.05) is 0 Å². The van der Waals surface area contributed by atoms with Crippen molar-refractivity contribution in [2.45, 2.75) is 19.3 Å². The van der Waals surface area contributed by atoms with Crippen molar-refractivity contribution in [2.75, 3.05) is 29.5 Å². The lowest BCUT2D eigenvalue weighted by atomic mass is 10.1. The van der Waals surface area contributed by atoms with Crippen LogP contribution in [0.25, 0.3) is 0 Å². The monoisotopic (exact) mass is 291 g/mol. The molecule has 2 rings (SSSR count). The van der Waals surface area contributed by atoms with E-state index in [0.717, 1.165) is 18.9 Å². The highest BCUT2D eigenvalue weighted by Gasteiger charge is 2.12. The lowest BCUT2D eigenvalue weighted by molar-refractivity contribution is 0.381. The van der Waals surface area contributed by atoms with Crippen molar-refractivity contribution < 1.29 is 17.5 Å². The van der Waals surface area contributed by atoms with Crippen LogP contribution in [0.2, 0.25) is 0 Å². The number of rotatable bonds is 1. The van der Waals surface area contributed by atoms with Crippen LogP contribution in [0.15, 0.2) is 6.07 Å². The quantitative estimate of drug-likeness (QED) is 0.522. The number of hydrogen-bond acceptors (Lipinski definition) is 7. The van der Waals surface area contributed by atoms with Crippen LogP contribution in [0, 0.1) is 0 Å². The summed E-state index contributed by atoms with van der Waals surface area (Å²) < 4.78 is 31.6. The molecule has 0 aromatic carbocycles. The van der Waals surface area contributed by atoms with E-state index in [1.165, 1.54) is 19.3 Å². The van der Waals surface area contributed by atoms with E-state index < -0.39 is 10.4 Å². The maximum Gasteiger partial charge on any atom is 0.394 e. The highest BCUT2D eigenvalue weighted by Crippen LogP contribution is 2.19. The first-order valence-electron chi connectivity index (χ1n) is 5.60. The molecule has 0 unspecified atom stereocenters. The Morgan fingerprint density at radius 3 is 2.11 bits per heavy atom. The van der Waals surface area contributed by atoms with E-state index in [0.29, 0.717) is 5.82 Å². The van der Waals surface area contributed by atoms with Crippen molar-refractivity contribution in [3.05, 3.63) is 6.07 Å². The zero-order valence-electron chi connectivity index (χ0n) is 10.2. The second kappa shape index (κ2) is 6.50. The standard InChI is InChI=1S/C9H15N5.H2O4S/c10-7-6-8(13-9(11)12-7)14-4-2-1-3-5-14;1-5(2,3)4/h6H,1-5H2,(H4,10,11,12,13);(H2,1,2,3,4). The summed E-state index contributed by atoms with van der Waals surface area (Å²) in [4.78, 5) is 10.2. The summed E-state index contributed by atoms with van der Waals surface area (Å²) in [5.74, 6) is 1.55. The number of hydrogen-bond donors (Lipinski definition) is 4. The minimum Gasteiger partial charge on any atom is -0.383 e. The van der Waals surface area contributed by atoms with Crippen molar-refractivity contribution in [3.63, 3.8) is 0 Å². The van der Waals surface area contributed by atoms with Crippen molar-refractivity contribution in [3.8, 4) is 0 Å². The van der Waals surface area contributed by atoms with Gasteiger partial charge in [0.2, 0.25) is 5.95 Å². The molecule has 1 aliphatic rings. The molecule has 0 atom stereocenters. The van der Waals surface area contributed by atoms with Crippen molar-refractivity contribution >= 4 is 28.0 Å². The van der Waals surface area contributed by atoms with Crippen molar-refractivity contribution in [1.82, 2.24) is 9.97 Å². The van der Waals surface area contributed by atoms with Crippen LogP contribution in [0.3, 0.4) is 0 Å². The van der Waals surface area contributed by atoms with E-state index in [2.05, 4.69) is 14.9 Å². The van der Waals surface area contributed by atoms with Crippen LogP contribution in [-0.2, 0) is 10.4 Å². The summed E-state index contributed by atoms with van der Waals surface area (Å²) >= 11 is 0. The van der Waals surface area contributed by atoms with E-state index in [-0.39, 0.29) is 5.95 Å². The van der Waals surface area contributed by atoms with Crippen LogP contribution in [0.1, 0.15) is 19.3 Å². The summed E-state index contributed by atoms with van der Waals surface area (Å²) in [5, 5.41) is 0. The lowest BCUT2D eigenvalue weighted by Gasteiger charge is -2.27. The van der Waals surface area contributed by atoms with Crippen LogP contribution >= 0.6 is 0 Å². The minimum atomic E-state index is -4.67. The fourth-order valence-electron chi connectivity index (χ4n) is 1.76. The number of nitrogens with two attached hydrogens (primary N) is 2. The van der Waals surface area contributed by atoms with E-state index in [4.69, 9.17) is 29.0 Å². The molecule has 0 amide bonds. The molecule has 108 valence electrons. The van der Waals surface area contributed by atoms with Gasteiger partial charge in [-0.05, 0) is 19.3 Å². The first-order chi connectivity index (χ1) is 8.75. The summed E-state index contributed by atoms with van der Waals surface area (Å²) in [5.41, 5.74) is 11.1. The molecule has 1 aliphatic heterocycles. The van der Waals surface area contributed by atoms with E-state index in [9.17, 15) is 0 Å². The third kappa shape index (κ3) is 6.74. The van der Waals surface area contributed by atoms with Gasteiger partial charge < -0.3 is 16.4 Å². The van der Waals surface area contributed by atoms with Gasteiger partial charge in [0.15, 0.2) is 0 Å². The molecule has 0 aliphatic carbocycles. The molecule has 1 saturated heterocycles.